The van der Waals surface area contributed by atoms with Gasteiger partial charge in [-0.1, -0.05) is 13.8 Å². The van der Waals surface area contributed by atoms with Gasteiger partial charge in [-0.05, 0) is 36.1 Å². The Morgan fingerprint density at radius 3 is 2.70 bits per heavy atom. The van der Waals surface area contributed by atoms with Crippen LogP contribution in [0.5, 0.6) is 5.75 Å². The molecule has 8 heteroatoms. The van der Waals surface area contributed by atoms with E-state index in [9.17, 15) is 13.2 Å². The van der Waals surface area contributed by atoms with Crippen molar-refractivity contribution in [2.45, 2.75) is 56.2 Å². The summed E-state index contributed by atoms with van der Waals surface area (Å²) in [7, 11) is -2.34. The van der Waals surface area contributed by atoms with Crippen LogP contribution in [0, 0.1) is 6.92 Å². The summed E-state index contributed by atoms with van der Waals surface area (Å²) >= 11 is 0. The molecular weight excluding hydrogens is 368 g/mol. The second-order valence-electron chi connectivity index (χ2n) is 7.84. The van der Waals surface area contributed by atoms with Crippen LogP contribution in [0.1, 0.15) is 43.7 Å². The zero-order chi connectivity index (χ0) is 19.6. The number of rotatable bonds is 4. The summed E-state index contributed by atoms with van der Waals surface area (Å²) in [5, 5.41) is 0. The summed E-state index contributed by atoms with van der Waals surface area (Å²) in [6.45, 7) is 7.37. The van der Waals surface area contributed by atoms with Gasteiger partial charge in [-0.15, -0.1) is 0 Å². The first-order chi connectivity index (χ1) is 12.7. The van der Waals surface area contributed by atoms with Crippen LogP contribution < -0.4 is 4.74 Å². The number of carbonyl (C=O) groups excluding carboxylic acids is 1. The third-order valence-electron chi connectivity index (χ3n) is 6.11. The van der Waals surface area contributed by atoms with Gasteiger partial charge in [0.1, 0.15) is 10.6 Å². The molecule has 0 bridgehead atoms. The lowest BCUT2D eigenvalue weighted by atomic mass is 9.98. The van der Waals surface area contributed by atoms with Crippen LogP contribution in [0.25, 0.3) is 0 Å². The molecule has 0 unspecified atom stereocenters. The molecule has 1 amide bonds. The van der Waals surface area contributed by atoms with E-state index in [-0.39, 0.29) is 23.1 Å². The van der Waals surface area contributed by atoms with Crippen LogP contribution in [0.2, 0.25) is 0 Å². The fourth-order valence-electron chi connectivity index (χ4n) is 4.83. The number of sulfonamides is 1. The van der Waals surface area contributed by atoms with Crippen molar-refractivity contribution < 1.29 is 22.7 Å². The van der Waals surface area contributed by atoms with Gasteiger partial charge in [-0.25, -0.2) is 8.42 Å². The normalized spacial score (nSPS) is 28.1. The fraction of sp³-hybridized carbons (Fsp3) is 0.632. The summed E-state index contributed by atoms with van der Waals surface area (Å²) in [5.74, 6) is 0.499. The minimum atomic E-state index is -3.83. The highest BCUT2D eigenvalue weighted by atomic mass is 32.2. The molecule has 3 fully saturated rings. The van der Waals surface area contributed by atoms with Crippen LogP contribution >= 0.6 is 0 Å². The molecule has 7 nitrogen and oxygen atoms in total. The second-order valence-corrected chi connectivity index (χ2v) is 9.70. The van der Waals surface area contributed by atoms with E-state index in [1.54, 1.807) is 17.0 Å². The van der Waals surface area contributed by atoms with Gasteiger partial charge in [-0.2, -0.15) is 4.31 Å². The number of aryl methyl sites for hydroxylation is 1. The smallest absolute Gasteiger partial charge is 0.247 e. The van der Waals surface area contributed by atoms with Crippen molar-refractivity contribution in [3.8, 4) is 5.75 Å². The predicted octanol–water partition coefficient (Wildman–Crippen LogP) is 1.85. The molecule has 1 aromatic rings. The number of methoxy groups -OCH3 is 1. The van der Waals surface area contributed by atoms with Gasteiger partial charge in [0.15, 0.2) is 5.72 Å². The van der Waals surface area contributed by atoms with Crippen LogP contribution in [0.3, 0.4) is 0 Å². The molecule has 0 N–H and O–H groups in total. The molecule has 3 saturated heterocycles. The molecule has 0 aromatic heterocycles. The largest absolute Gasteiger partial charge is 0.495 e. The zero-order valence-corrected chi connectivity index (χ0v) is 17.0. The Labute approximate surface area is 160 Å². The lowest BCUT2D eigenvalue weighted by Crippen LogP contribution is -2.48. The van der Waals surface area contributed by atoms with Gasteiger partial charge in [-0.3, -0.25) is 4.79 Å². The first kappa shape index (κ1) is 18.7. The van der Waals surface area contributed by atoms with Gasteiger partial charge in [0.25, 0.3) is 0 Å². The van der Waals surface area contributed by atoms with Gasteiger partial charge < -0.3 is 14.4 Å². The molecule has 4 rings (SSSR count). The molecule has 3 aliphatic rings. The minimum absolute atomic E-state index is 0.0314. The number of carbonyl (C=O) groups is 1. The molecule has 2 atom stereocenters. The average molecular weight is 394 g/mol. The third-order valence-corrected chi connectivity index (χ3v) is 8.04. The van der Waals surface area contributed by atoms with Crippen molar-refractivity contribution in [2.75, 3.05) is 26.8 Å². The van der Waals surface area contributed by atoms with Crippen molar-refractivity contribution in [3.05, 3.63) is 23.3 Å². The Morgan fingerprint density at radius 2 is 2.04 bits per heavy atom. The Bertz CT molecular complexity index is 898. The Balaban J connectivity index is 1.79. The van der Waals surface area contributed by atoms with E-state index >= 15 is 0 Å². The Kier molecular flexibility index (Phi) is 4.29. The molecule has 3 aliphatic heterocycles. The first-order valence-corrected chi connectivity index (χ1v) is 10.8. The third kappa shape index (κ3) is 2.53. The molecular formula is C19H26N2O5S. The van der Waals surface area contributed by atoms with Crippen LogP contribution in [0.4, 0.5) is 0 Å². The highest BCUT2D eigenvalue weighted by Gasteiger charge is 2.64. The van der Waals surface area contributed by atoms with E-state index in [1.165, 1.54) is 11.4 Å². The van der Waals surface area contributed by atoms with Crippen LogP contribution in [-0.4, -0.2) is 62.1 Å². The summed E-state index contributed by atoms with van der Waals surface area (Å²) in [4.78, 5) is 14.3. The monoisotopic (exact) mass is 394 g/mol. The molecule has 27 heavy (non-hydrogen) atoms. The Morgan fingerprint density at radius 1 is 1.30 bits per heavy atom. The van der Waals surface area contributed by atoms with Crippen molar-refractivity contribution in [1.29, 1.82) is 0 Å². The quantitative estimate of drug-likeness (QED) is 0.779. The van der Waals surface area contributed by atoms with E-state index in [4.69, 9.17) is 9.47 Å². The van der Waals surface area contributed by atoms with E-state index in [2.05, 4.69) is 0 Å². The van der Waals surface area contributed by atoms with Gasteiger partial charge in [0, 0.05) is 25.9 Å². The SMILES string of the molecule is COc1cc(C)c(C(C)C)cc1S(=O)(=O)N1CC[C@@]23OCCN2C(=O)C[C@@H]13. The van der Waals surface area contributed by atoms with Crippen LogP contribution in [0.15, 0.2) is 17.0 Å². The van der Waals surface area contributed by atoms with Gasteiger partial charge in [0.05, 0.1) is 19.8 Å². The number of amides is 1. The number of benzene rings is 1. The first-order valence-electron chi connectivity index (χ1n) is 9.37. The van der Waals surface area contributed by atoms with Crippen LogP contribution in [-0.2, 0) is 19.6 Å². The predicted molar refractivity (Wildman–Crippen MR) is 99.1 cm³/mol. The molecule has 148 valence electrons. The second kappa shape index (κ2) is 6.18. The summed E-state index contributed by atoms with van der Waals surface area (Å²) in [5.41, 5.74) is 1.19. The maximum absolute atomic E-state index is 13.6. The maximum atomic E-state index is 13.6. The van der Waals surface area contributed by atoms with Crippen molar-refractivity contribution in [2.24, 2.45) is 0 Å². The number of nitrogens with zero attached hydrogens (tertiary/aromatic N) is 2. The zero-order valence-electron chi connectivity index (χ0n) is 16.2. The standard InChI is InChI=1S/C19H26N2O5S/c1-12(2)14-10-16(15(25-4)9-13(14)3)27(23,24)21-6-5-19-17(21)11-18(22)20(19)7-8-26-19/h9-10,12,17H,5-8,11H2,1-4H3/t17-,19+/m1/s1. The molecule has 1 aromatic carbocycles. The lowest BCUT2D eigenvalue weighted by molar-refractivity contribution is -0.136. The number of hydrogen-bond acceptors (Lipinski definition) is 5. The van der Waals surface area contributed by atoms with Gasteiger partial charge >= 0.3 is 0 Å². The van der Waals surface area contributed by atoms with E-state index < -0.39 is 21.8 Å². The number of ether oxygens (including phenoxy) is 2. The number of hydrogen-bond donors (Lipinski definition) is 0. The molecule has 0 radical (unpaired) electrons. The highest BCUT2D eigenvalue weighted by Crippen LogP contribution is 2.48. The lowest BCUT2D eigenvalue weighted by Gasteiger charge is -2.31. The minimum Gasteiger partial charge on any atom is -0.495 e. The molecule has 0 saturated carbocycles. The summed E-state index contributed by atoms with van der Waals surface area (Å²) < 4.78 is 40.0. The van der Waals surface area contributed by atoms with E-state index in [0.717, 1.165) is 11.1 Å². The summed E-state index contributed by atoms with van der Waals surface area (Å²) in [6.07, 6.45) is 0.679. The molecule has 1 spiro atoms. The maximum Gasteiger partial charge on any atom is 0.247 e. The van der Waals surface area contributed by atoms with E-state index in [1.807, 2.05) is 20.8 Å². The summed E-state index contributed by atoms with van der Waals surface area (Å²) in [6, 6.07) is 3.03. The topological polar surface area (TPSA) is 76.2 Å². The molecule has 0 aliphatic carbocycles. The van der Waals surface area contributed by atoms with Crippen molar-refractivity contribution in [3.63, 3.8) is 0 Å². The van der Waals surface area contributed by atoms with Gasteiger partial charge in [0.2, 0.25) is 15.9 Å². The van der Waals surface area contributed by atoms with Crippen molar-refractivity contribution >= 4 is 15.9 Å². The average Bonchev–Trinajstić information content (AvgIpc) is 3.25. The van der Waals surface area contributed by atoms with Crippen molar-refractivity contribution in [1.82, 2.24) is 9.21 Å². The Hall–Kier alpha value is -1.64. The fourth-order valence-corrected chi connectivity index (χ4v) is 6.66. The molecule has 3 heterocycles. The van der Waals surface area contributed by atoms with E-state index in [0.29, 0.717) is 31.9 Å². The highest BCUT2D eigenvalue weighted by molar-refractivity contribution is 7.89.